The lowest BCUT2D eigenvalue weighted by Crippen LogP contribution is -2.31. The van der Waals surface area contributed by atoms with Crippen LogP contribution >= 0.6 is 15.9 Å². The molecule has 0 bridgehead atoms. The number of hydrogen-bond acceptors (Lipinski definition) is 4. The largest absolute Gasteiger partial charge is 0.497 e. The summed E-state index contributed by atoms with van der Waals surface area (Å²) in [6.45, 7) is 5.66. The SMILES string of the molecule is COc1ccc(Cn2c(=O)n(CC(=O)OC(C)(C)C)c3ccc(Br)cc32)cc1. The summed E-state index contributed by atoms with van der Waals surface area (Å²) in [5.41, 5.74) is 1.53. The van der Waals surface area contributed by atoms with E-state index in [1.807, 2.05) is 42.5 Å². The molecule has 6 nitrogen and oxygen atoms in total. The third-order valence-corrected chi connectivity index (χ3v) is 4.68. The van der Waals surface area contributed by atoms with Gasteiger partial charge in [0.2, 0.25) is 0 Å². The maximum Gasteiger partial charge on any atom is 0.329 e. The first kappa shape index (κ1) is 20.2. The molecule has 0 aliphatic heterocycles. The van der Waals surface area contributed by atoms with Gasteiger partial charge in [-0.15, -0.1) is 0 Å². The molecule has 0 saturated carbocycles. The van der Waals surface area contributed by atoms with E-state index in [0.29, 0.717) is 12.1 Å². The van der Waals surface area contributed by atoms with Crippen LogP contribution in [0.25, 0.3) is 11.0 Å². The lowest BCUT2D eigenvalue weighted by molar-refractivity contribution is -0.155. The number of hydrogen-bond donors (Lipinski definition) is 0. The topological polar surface area (TPSA) is 62.5 Å². The summed E-state index contributed by atoms with van der Waals surface area (Å²) in [4.78, 5) is 25.4. The molecule has 0 fully saturated rings. The number of aromatic nitrogens is 2. The summed E-state index contributed by atoms with van der Waals surface area (Å²) >= 11 is 3.46. The fraction of sp³-hybridized carbons (Fsp3) is 0.333. The van der Waals surface area contributed by atoms with Crippen molar-refractivity contribution in [1.82, 2.24) is 9.13 Å². The van der Waals surface area contributed by atoms with Gasteiger partial charge in [0, 0.05) is 4.47 Å². The van der Waals surface area contributed by atoms with Crippen molar-refractivity contribution >= 4 is 32.9 Å². The summed E-state index contributed by atoms with van der Waals surface area (Å²) < 4.78 is 14.6. The van der Waals surface area contributed by atoms with Crippen molar-refractivity contribution in [3.63, 3.8) is 0 Å². The van der Waals surface area contributed by atoms with Gasteiger partial charge >= 0.3 is 11.7 Å². The Balaban J connectivity index is 2.02. The van der Waals surface area contributed by atoms with E-state index in [1.165, 1.54) is 4.57 Å². The van der Waals surface area contributed by atoms with Crippen LogP contribution in [0.3, 0.4) is 0 Å². The van der Waals surface area contributed by atoms with Crippen molar-refractivity contribution in [2.75, 3.05) is 7.11 Å². The molecule has 0 aliphatic carbocycles. The molecular formula is C21H23BrN2O4. The first-order valence-electron chi connectivity index (χ1n) is 8.91. The van der Waals surface area contributed by atoms with Crippen molar-refractivity contribution in [1.29, 1.82) is 0 Å². The molecule has 148 valence electrons. The third-order valence-electron chi connectivity index (χ3n) is 4.19. The number of esters is 1. The van der Waals surface area contributed by atoms with Crippen molar-refractivity contribution in [3.05, 3.63) is 63.0 Å². The third kappa shape index (κ3) is 4.47. The Kier molecular flexibility index (Phi) is 5.65. The zero-order valence-electron chi connectivity index (χ0n) is 16.4. The van der Waals surface area contributed by atoms with Gasteiger partial charge in [-0.05, 0) is 56.7 Å². The molecule has 0 radical (unpaired) electrons. The molecule has 0 spiro atoms. The number of benzene rings is 2. The molecule has 0 amide bonds. The van der Waals surface area contributed by atoms with E-state index < -0.39 is 11.6 Å². The molecule has 2 aromatic carbocycles. The Hall–Kier alpha value is -2.54. The van der Waals surface area contributed by atoms with Gasteiger partial charge < -0.3 is 9.47 Å². The molecule has 0 atom stereocenters. The maximum absolute atomic E-state index is 13.1. The number of carbonyl (C=O) groups is 1. The van der Waals surface area contributed by atoms with Crippen molar-refractivity contribution in [3.8, 4) is 5.75 Å². The number of ether oxygens (including phenoxy) is 2. The highest BCUT2D eigenvalue weighted by atomic mass is 79.9. The Morgan fingerprint density at radius 3 is 2.32 bits per heavy atom. The molecule has 3 rings (SSSR count). The maximum atomic E-state index is 13.1. The van der Waals surface area contributed by atoms with Gasteiger partial charge in [-0.2, -0.15) is 0 Å². The van der Waals surface area contributed by atoms with E-state index in [1.54, 1.807) is 32.4 Å². The predicted molar refractivity (Wildman–Crippen MR) is 112 cm³/mol. The van der Waals surface area contributed by atoms with Crippen LogP contribution in [0.5, 0.6) is 5.75 Å². The van der Waals surface area contributed by atoms with E-state index >= 15 is 0 Å². The summed E-state index contributed by atoms with van der Waals surface area (Å²) in [6.07, 6.45) is 0. The predicted octanol–water partition coefficient (Wildman–Crippen LogP) is 3.96. The molecule has 1 heterocycles. The van der Waals surface area contributed by atoms with Crippen LogP contribution in [-0.4, -0.2) is 27.8 Å². The number of methoxy groups -OCH3 is 1. The first-order chi connectivity index (χ1) is 13.2. The van der Waals surface area contributed by atoms with E-state index in [9.17, 15) is 9.59 Å². The molecule has 28 heavy (non-hydrogen) atoms. The normalized spacial score (nSPS) is 11.6. The Morgan fingerprint density at radius 2 is 1.71 bits per heavy atom. The lowest BCUT2D eigenvalue weighted by atomic mass is 10.2. The van der Waals surface area contributed by atoms with Gasteiger partial charge in [-0.1, -0.05) is 28.1 Å². The van der Waals surface area contributed by atoms with Gasteiger partial charge in [-0.3, -0.25) is 13.9 Å². The lowest BCUT2D eigenvalue weighted by Gasteiger charge is -2.19. The average Bonchev–Trinajstić information content (AvgIpc) is 2.86. The van der Waals surface area contributed by atoms with Crippen LogP contribution in [0, 0.1) is 0 Å². The van der Waals surface area contributed by atoms with Gasteiger partial charge in [0.1, 0.15) is 17.9 Å². The molecule has 0 unspecified atom stereocenters. The highest BCUT2D eigenvalue weighted by molar-refractivity contribution is 9.10. The average molecular weight is 447 g/mol. The van der Waals surface area contributed by atoms with E-state index in [-0.39, 0.29) is 12.2 Å². The second kappa shape index (κ2) is 7.83. The molecule has 0 aliphatic rings. The molecule has 0 saturated heterocycles. The minimum atomic E-state index is -0.606. The zero-order chi connectivity index (χ0) is 20.5. The van der Waals surface area contributed by atoms with Crippen LogP contribution in [-0.2, 0) is 22.6 Å². The van der Waals surface area contributed by atoms with Crippen LogP contribution in [0.1, 0.15) is 26.3 Å². The van der Waals surface area contributed by atoms with E-state index in [4.69, 9.17) is 9.47 Å². The van der Waals surface area contributed by atoms with E-state index in [2.05, 4.69) is 15.9 Å². The Morgan fingerprint density at radius 1 is 1.04 bits per heavy atom. The first-order valence-corrected chi connectivity index (χ1v) is 9.70. The molecule has 3 aromatic rings. The number of nitrogens with zero attached hydrogens (tertiary/aromatic N) is 2. The smallest absolute Gasteiger partial charge is 0.329 e. The zero-order valence-corrected chi connectivity index (χ0v) is 17.9. The highest BCUT2D eigenvalue weighted by Crippen LogP contribution is 2.21. The number of halogens is 1. The number of fused-ring (bicyclic) bond motifs is 1. The van der Waals surface area contributed by atoms with Gasteiger partial charge in [-0.25, -0.2) is 4.79 Å². The molecule has 7 heteroatoms. The standard InChI is InChI=1S/C21H23BrN2O4/c1-21(2,3)28-19(25)13-24-17-10-7-15(22)11-18(17)23(20(24)26)12-14-5-8-16(27-4)9-6-14/h5-11H,12-13H2,1-4H3. The Bertz CT molecular complexity index is 1060. The summed E-state index contributed by atoms with van der Waals surface area (Å²) in [5.74, 6) is 0.312. The van der Waals surface area contributed by atoms with Gasteiger partial charge in [0.15, 0.2) is 0 Å². The quantitative estimate of drug-likeness (QED) is 0.556. The van der Waals surface area contributed by atoms with Crippen LogP contribution in [0.15, 0.2) is 51.7 Å². The molecule has 1 aromatic heterocycles. The number of rotatable bonds is 5. The minimum Gasteiger partial charge on any atom is -0.497 e. The number of carbonyl (C=O) groups excluding carboxylic acids is 1. The van der Waals surface area contributed by atoms with E-state index in [0.717, 1.165) is 21.3 Å². The molecular weight excluding hydrogens is 424 g/mol. The highest BCUT2D eigenvalue weighted by Gasteiger charge is 2.20. The van der Waals surface area contributed by atoms with Crippen LogP contribution < -0.4 is 10.4 Å². The Labute approximate surface area is 171 Å². The van der Waals surface area contributed by atoms with Crippen LogP contribution in [0.2, 0.25) is 0 Å². The summed E-state index contributed by atoms with van der Waals surface area (Å²) in [7, 11) is 1.61. The molecule has 0 N–H and O–H groups in total. The fourth-order valence-electron chi connectivity index (χ4n) is 3.01. The minimum absolute atomic E-state index is 0.135. The summed E-state index contributed by atoms with van der Waals surface area (Å²) in [6, 6.07) is 13.1. The second-order valence-electron chi connectivity index (χ2n) is 7.52. The summed E-state index contributed by atoms with van der Waals surface area (Å²) in [5, 5.41) is 0. The van der Waals surface area contributed by atoms with Crippen molar-refractivity contribution in [2.24, 2.45) is 0 Å². The van der Waals surface area contributed by atoms with Crippen LogP contribution in [0.4, 0.5) is 0 Å². The fourth-order valence-corrected chi connectivity index (χ4v) is 3.36. The van der Waals surface area contributed by atoms with Crippen molar-refractivity contribution in [2.45, 2.75) is 39.5 Å². The number of imidazole rings is 1. The van der Waals surface area contributed by atoms with Gasteiger partial charge in [0.05, 0.1) is 24.7 Å². The van der Waals surface area contributed by atoms with Crippen molar-refractivity contribution < 1.29 is 14.3 Å². The second-order valence-corrected chi connectivity index (χ2v) is 8.44. The van der Waals surface area contributed by atoms with Gasteiger partial charge in [0.25, 0.3) is 0 Å². The monoisotopic (exact) mass is 446 g/mol.